The second-order valence-electron chi connectivity index (χ2n) is 10.1. The lowest BCUT2D eigenvalue weighted by molar-refractivity contribution is -0.140. The van der Waals surface area contributed by atoms with Gasteiger partial charge in [-0.1, -0.05) is 19.9 Å². The van der Waals surface area contributed by atoms with Crippen LogP contribution in [0.4, 0.5) is 23.8 Å². The fourth-order valence-corrected chi connectivity index (χ4v) is 5.55. The summed E-state index contributed by atoms with van der Waals surface area (Å²) in [5.41, 5.74) is -0.195. The highest BCUT2D eigenvalue weighted by Gasteiger charge is 2.34. The van der Waals surface area contributed by atoms with Crippen molar-refractivity contribution in [2.24, 2.45) is 5.92 Å². The Kier molecular flexibility index (Phi) is 10.0. The Morgan fingerprint density at radius 3 is 2.50 bits per heavy atom. The lowest BCUT2D eigenvalue weighted by Gasteiger charge is -2.26. The van der Waals surface area contributed by atoms with Crippen molar-refractivity contribution in [3.63, 3.8) is 0 Å². The number of carbonyl (C=O) groups is 2. The molecule has 1 unspecified atom stereocenters. The first-order valence-electron chi connectivity index (χ1n) is 13.8. The number of rotatable bonds is 10. The molecule has 2 amide bonds. The lowest BCUT2D eigenvalue weighted by atomic mass is 9.98. The molecule has 0 fully saturated rings. The van der Waals surface area contributed by atoms with E-state index in [9.17, 15) is 27.6 Å². The number of hydrogen-bond donors (Lipinski definition) is 2. The van der Waals surface area contributed by atoms with Crippen LogP contribution in [-0.4, -0.2) is 53.4 Å². The molecule has 44 heavy (non-hydrogen) atoms. The highest BCUT2D eigenvalue weighted by molar-refractivity contribution is 7.13. The minimum Gasteiger partial charge on any atom is -0.462 e. The van der Waals surface area contributed by atoms with E-state index in [1.165, 1.54) is 18.5 Å². The van der Waals surface area contributed by atoms with Crippen molar-refractivity contribution in [3.8, 4) is 21.7 Å². The van der Waals surface area contributed by atoms with Gasteiger partial charge in [-0.2, -0.15) is 13.2 Å². The molecule has 3 aromatic heterocycles. The van der Waals surface area contributed by atoms with Gasteiger partial charge in [0.2, 0.25) is 5.43 Å². The molecule has 0 bridgehead atoms. The number of ether oxygens (including phenoxy) is 2. The predicted octanol–water partition coefficient (Wildman–Crippen LogP) is 6.37. The quantitative estimate of drug-likeness (QED) is 0.195. The van der Waals surface area contributed by atoms with Crippen LogP contribution in [0, 0.1) is 5.92 Å². The molecule has 234 valence electrons. The maximum atomic E-state index is 13.7. The number of hydrogen-bond acceptors (Lipinski definition) is 8. The van der Waals surface area contributed by atoms with E-state index in [1.807, 2.05) is 18.4 Å². The number of anilines is 1. The number of benzene rings is 1. The van der Waals surface area contributed by atoms with E-state index in [4.69, 9.17) is 9.47 Å². The highest BCUT2D eigenvalue weighted by Crippen LogP contribution is 2.39. The molecular weight excluding hydrogens is 599 g/mol. The van der Waals surface area contributed by atoms with Crippen LogP contribution in [0.2, 0.25) is 0 Å². The van der Waals surface area contributed by atoms with Crippen molar-refractivity contribution >= 4 is 40.1 Å². The number of esters is 1. The van der Waals surface area contributed by atoms with Crippen LogP contribution in [0.1, 0.15) is 49.8 Å². The van der Waals surface area contributed by atoms with Gasteiger partial charge in [0.15, 0.2) is 5.69 Å². The van der Waals surface area contributed by atoms with Crippen LogP contribution >= 0.6 is 11.3 Å². The summed E-state index contributed by atoms with van der Waals surface area (Å²) >= 11 is 0.782. The molecule has 0 radical (unpaired) electrons. The molecule has 0 spiro atoms. The van der Waals surface area contributed by atoms with Crippen molar-refractivity contribution in [2.75, 3.05) is 32.2 Å². The Balaban J connectivity index is 1.97. The van der Waals surface area contributed by atoms with Gasteiger partial charge in [0.25, 0.3) is 0 Å². The molecule has 0 aliphatic rings. The Hall–Kier alpha value is -4.30. The number of methoxy groups -OCH3 is 1. The second kappa shape index (κ2) is 13.6. The number of urea groups is 1. The molecule has 4 rings (SSSR count). The molecule has 0 saturated heterocycles. The minimum absolute atomic E-state index is 0.0337. The first kappa shape index (κ1) is 32.6. The fraction of sp³-hybridized carbons (Fsp3) is 0.367. The zero-order valence-corrected chi connectivity index (χ0v) is 25.6. The largest absolute Gasteiger partial charge is 0.462 e. The van der Waals surface area contributed by atoms with Crippen molar-refractivity contribution in [2.45, 2.75) is 39.9 Å². The standard InChI is InChI=1S/C30H32F3N5O5S/c1-6-34-29(41)37-25-11-18(27-36-24(15-44-27)30(31,32)33)20(12-35-25)17-8-9-22-19(10-17)26(39)21(28(40)43-7-2)13-38(22)23(14-42-5)16(3)4/h8-13,15-16,23H,6-7,14H2,1-5H3,(H2,34,35,37,41). The molecule has 1 aromatic carbocycles. The maximum Gasteiger partial charge on any atom is 0.434 e. The van der Waals surface area contributed by atoms with Gasteiger partial charge in [-0.25, -0.2) is 19.6 Å². The molecule has 3 heterocycles. The van der Waals surface area contributed by atoms with E-state index in [0.29, 0.717) is 29.8 Å². The number of carbonyl (C=O) groups excluding carboxylic acids is 2. The van der Waals surface area contributed by atoms with Crippen LogP contribution < -0.4 is 16.1 Å². The number of nitrogens with zero attached hydrogens (tertiary/aromatic N) is 3. The van der Waals surface area contributed by atoms with Crippen molar-refractivity contribution in [3.05, 3.63) is 63.5 Å². The SMILES string of the molecule is CCNC(=O)Nc1cc(-c2nc(C(F)(F)F)cs2)c(-c2ccc3c(c2)c(=O)c(C(=O)OCC)cn3C(COC)C(C)C)cn1. The summed E-state index contributed by atoms with van der Waals surface area (Å²) in [7, 11) is 1.56. The molecule has 0 aliphatic heterocycles. The van der Waals surface area contributed by atoms with Crippen molar-refractivity contribution in [1.82, 2.24) is 19.9 Å². The van der Waals surface area contributed by atoms with Crippen LogP contribution in [0.3, 0.4) is 0 Å². The summed E-state index contributed by atoms with van der Waals surface area (Å²) in [5, 5.41) is 6.26. The molecule has 2 N–H and O–H groups in total. The van der Waals surface area contributed by atoms with E-state index < -0.39 is 29.3 Å². The van der Waals surface area contributed by atoms with Gasteiger partial charge in [0.05, 0.1) is 24.8 Å². The first-order valence-corrected chi connectivity index (χ1v) is 14.7. The van der Waals surface area contributed by atoms with Crippen LogP contribution in [0.15, 0.2) is 46.8 Å². The van der Waals surface area contributed by atoms with E-state index in [2.05, 4.69) is 20.6 Å². The number of aromatic nitrogens is 3. The van der Waals surface area contributed by atoms with E-state index in [1.54, 1.807) is 39.2 Å². The van der Waals surface area contributed by atoms with E-state index in [-0.39, 0.29) is 45.9 Å². The monoisotopic (exact) mass is 631 g/mol. The molecular formula is C30H32F3N5O5S. The van der Waals surface area contributed by atoms with Gasteiger partial charge >= 0.3 is 18.2 Å². The van der Waals surface area contributed by atoms with E-state index in [0.717, 1.165) is 16.7 Å². The van der Waals surface area contributed by atoms with Gasteiger partial charge in [-0.15, -0.1) is 11.3 Å². The number of fused-ring (bicyclic) bond motifs is 1. The van der Waals surface area contributed by atoms with Crippen LogP contribution in [0.25, 0.3) is 32.6 Å². The Labute approximate surface area is 255 Å². The zero-order chi connectivity index (χ0) is 32.2. The number of nitrogens with one attached hydrogen (secondary N) is 2. The number of thiazole rings is 1. The highest BCUT2D eigenvalue weighted by atomic mass is 32.1. The number of amides is 2. The molecule has 4 aromatic rings. The average molecular weight is 632 g/mol. The summed E-state index contributed by atoms with van der Waals surface area (Å²) in [6.07, 6.45) is -1.78. The molecule has 1 atom stereocenters. The summed E-state index contributed by atoms with van der Waals surface area (Å²) < 4.78 is 52.8. The third-order valence-electron chi connectivity index (χ3n) is 6.81. The number of alkyl halides is 3. The topological polar surface area (TPSA) is 124 Å². The maximum absolute atomic E-state index is 13.7. The van der Waals surface area contributed by atoms with Gasteiger partial charge in [0, 0.05) is 47.9 Å². The Morgan fingerprint density at radius 2 is 1.89 bits per heavy atom. The predicted molar refractivity (Wildman–Crippen MR) is 162 cm³/mol. The van der Waals surface area contributed by atoms with E-state index >= 15 is 0 Å². The number of halogens is 3. The Bertz CT molecular complexity index is 1730. The van der Waals surface area contributed by atoms with Crippen LogP contribution in [-0.2, 0) is 15.7 Å². The van der Waals surface area contributed by atoms with Crippen molar-refractivity contribution in [1.29, 1.82) is 0 Å². The molecule has 0 saturated carbocycles. The van der Waals surface area contributed by atoms with Crippen molar-refractivity contribution < 1.29 is 32.2 Å². The minimum atomic E-state index is -4.66. The first-order chi connectivity index (χ1) is 20.9. The summed E-state index contributed by atoms with van der Waals surface area (Å²) in [4.78, 5) is 46.8. The van der Waals surface area contributed by atoms with Gasteiger partial charge in [0.1, 0.15) is 16.4 Å². The summed E-state index contributed by atoms with van der Waals surface area (Å²) in [5.74, 6) is -0.626. The van der Waals surface area contributed by atoms with Gasteiger partial charge < -0.3 is 19.4 Å². The lowest BCUT2D eigenvalue weighted by Crippen LogP contribution is -2.28. The summed E-state index contributed by atoms with van der Waals surface area (Å²) in [6.45, 7) is 8.07. The zero-order valence-electron chi connectivity index (χ0n) is 24.7. The Morgan fingerprint density at radius 1 is 1.14 bits per heavy atom. The molecule has 0 aliphatic carbocycles. The fourth-order valence-electron chi connectivity index (χ4n) is 4.70. The number of pyridine rings is 2. The molecule has 14 heteroatoms. The smallest absolute Gasteiger partial charge is 0.434 e. The van der Waals surface area contributed by atoms with Gasteiger partial charge in [-0.3, -0.25) is 10.1 Å². The second-order valence-corrected chi connectivity index (χ2v) is 11.0. The molecule has 10 nitrogen and oxygen atoms in total. The normalized spacial score (nSPS) is 12.4. The van der Waals surface area contributed by atoms with Gasteiger partial charge in [-0.05, 0) is 43.5 Å². The third kappa shape index (κ3) is 6.91. The van der Waals surface area contributed by atoms with Crippen LogP contribution in [0.5, 0.6) is 0 Å². The average Bonchev–Trinajstić information content (AvgIpc) is 3.48. The third-order valence-corrected chi connectivity index (χ3v) is 7.69. The summed E-state index contributed by atoms with van der Waals surface area (Å²) in [6, 6.07) is 5.63.